The molecule has 14 heteroatoms. The molecule has 11 nitrogen and oxygen atoms in total. The Morgan fingerprint density at radius 2 is 1.85 bits per heavy atom. The molecule has 0 aliphatic carbocycles. The van der Waals surface area contributed by atoms with Crippen LogP contribution in [0.2, 0.25) is 0 Å². The Morgan fingerprint density at radius 1 is 1.18 bits per heavy atom. The number of halogens is 1. The third kappa shape index (κ3) is 5.53. The molecular weight excluding hydrogens is 542 g/mol. The van der Waals surface area contributed by atoms with Gasteiger partial charge in [0, 0.05) is 12.1 Å². The van der Waals surface area contributed by atoms with E-state index in [1.165, 1.54) is 24.3 Å². The van der Waals surface area contributed by atoms with Crippen molar-refractivity contribution >= 4 is 67.0 Å². The molecule has 0 bridgehead atoms. The zero-order valence-corrected chi connectivity index (χ0v) is 19.9. The average molecular weight is 556 g/mol. The lowest BCUT2D eigenvalue weighted by molar-refractivity contribution is -0.385. The van der Waals surface area contributed by atoms with Crippen LogP contribution in [0.3, 0.4) is 0 Å². The van der Waals surface area contributed by atoms with Crippen molar-refractivity contribution in [1.29, 1.82) is 0 Å². The van der Waals surface area contributed by atoms with Crippen LogP contribution in [0.1, 0.15) is 12.5 Å². The smallest absolute Gasteiger partial charge is 0.339 e. The van der Waals surface area contributed by atoms with Crippen molar-refractivity contribution in [3.05, 3.63) is 62.1 Å². The molecule has 0 atom stereocenters. The number of benzene rings is 2. The van der Waals surface area contributed by atoms with Crippen LogP contribution in [0.25, 0.3) is 6.08 Å². The minimum atomic E-state index is -4.47. The van der Waals surface area contributed by atoms with E-state index in [2.05, 4.69) is 26.6 Å². The summed E-state index contributed by atoms with van der Waals surface area (Å²) >= 11 is 7.96. The molecule has 1 aliphatic rings. The van der Waals surface area contributed by atoms with Crippen molar-refractivity contribution in [3.8, 4) is 11.5 Å². The minimum absolute atomic E-state index is 0.0140. The zero-order chi connectivity index (χ0) is 24.3. The molecule has 33 heavy (non-hydrogen) atoms. The Bertz CT molecular complexity index is 1300. The second-order valence-corrected chi connectivity index (χ2v) is 9.16. The summed E-state index contributed by atoms with van der Waals surface area (Å²) in [6.07, 6.45) is 1.26. The molecule has 0 saturated carbocycles. The minimum Gasteiger partial charge on any atom is -0.490 e. The van der Waals surface area contributed by atoms with Crippen molar-refractivity contribution in [1.82, 2.24) is 10.6 Å². The van der Waals surface area contributed by atoms with Gasteiger partial charge in [0.25, 0.3) is 17.5 Å². The van der Waals surface area contributed by atoms with Gasteiger partial charge in [-0.05, 0) is 64.9 Å². The number of rotatable bonds is 7. The predicted octanol–water partition coefficient (Wildman–Crippen LogP) is 2.44. The Morgan fingerprint density at radius 3 is 2.45 bits per heavy atom. The highest BCUT2D eigenvalue weighted by atomic mass is 79.9. The maximum absolute atomic E-state index is 12.8. The average Bonchev–Trinajstić information content (AvgIpc) is 2.73. The number of non-ortho nitro benzene ring substituents is 1. The molecule has 2 aromatic carbocycles. The van der Waals surface area contributed by atoms with Gasteiger partial charge in [-0.3, -0.25) is 30.3 Å². The van der Waals surface area contributed by atoms with E-state index in [1.807, 2.05) is 0 Å². The van der Waals surface area contributed by atoms with Crippen LogP contribution >= 0.6 is 28.1 Å². The number of carbonyl (C=O) groups excluding carboxylic acids is 2. The number of hydrogen-bond acceptors (Lipinski definition) is 9. The third-order valence-electron chi connectivity index (χ3n) is 4.10. The molecule has 2 N–H and O–H groups in total. The molecule has 2 aromatic rings. The monoisotopic (exact) mass is 555 g/mol. The van der Waals surface area contributed by atoms with Crippen molar-refractivity contribution in [3.63, 3.8) is 0 Å². The highest BCUT2D eigenvalue weighted by Gasteiger charge is 2.27. The first-order chi connectivity index (χ1) is 15.5. The molecule has 1 aliphatic heterocycles. The normalized spacial score (nSPS) is 13.8. The fourth-order valence-corrected chi connectivity index (χ4v) is 4.53. The number of ether oxygens (including phenoxy) is 1. The lowest BCUT2D eigenvalue weighted by atomic mass is 10.1. The summed E-state index contributed by atoms with van der Waals surface area (Å²) in [7, 11) is -4.47. The molecule has 1 fully saturated rings. The van der Waals surface area contributed by atoms with Crippen molar-refractivity contribution in [2.75, 3.05) is 6.61 Å². The van der Waals surface area contributed by atoms with Gasteiger partial charge < -0.3 is 8.92 Å². The van der Waals surface area contributed by atoms with E-state index in [-0.39, 0.29) is 33.3 Å². The standard InChI is InChI=1S/C19H14BrN3O8S2/c1-2-30-15-8-10(6-13-17(24)21-19(32)22-18(13)25)7-14(20)16(15)31-33(28,29)12-5-3-4-11(9-12)23(26)27/h3-9H,2H2,1H3,(H2,21,22,24,25,32). The quantitative estimate of drug-likeness (QED) is 0.131. The van der Waals surface area contributed by atoms with Crippen LogP contribution in [0.15, 0.2) is 51.3 Å². The van der Waals surface area contributed by atoms with Crippen molar-refractivity contribution in [2.45, 2.75) is 11.8 Å². The second-order valence-electron chi connectivity index (χ2n) is 6.35. The van der Waals surface area contributed by atoms with E-state index in [9.17, 15) is 28.1 Å². The molecule has 0 unspecified atom stereocenters. The molecule has 2 amide bonds. The molecular formula is C19H14BrN3O8S2. The van der Waals surface area contributed by atoms with Gasteiger partial charge in [0.2, 0.25) is 0 Å². The van der Waals surface area contributed by atoms with Gasteiger partial charge in [-0.25, -0.2) is 0 Å². The summed E-state index contributed by atoms with van der Waals surface area (Å²) in [6.45, 7) is 1.79. The Balaban J connectivity index is 2.01. The fraction of sp³-hybridized carbons (Fsp3) is 0.105. The lowest BCUT2D eigenvalue weighted by Crippen LogP contribution is -2.51. The molecule has 172 valence electrons. The predicted molar refractivity (Wildman–Crippen MR) is 123 cm³/mol. The van der Waals surface area contributed by atoms with E-state index in [1.54, 1.807) is 6.92 Å². The summed E-state index contributed by atoms with van der Waals surface area (Å²) in [6, 6.07) is 7.16. The number of nitrogens with one attached hydrogen (secondary N) is 2. The van der Waals surface area contributed by atoms with Crippen LogP contribution in [0.5, 0.6) is 11.5 Å². The highest BCUT2D eigenvalue weighted by Crippen LogP contribution is 2.39. The molecule has 0 spiro atoms. The summed E-state index contributed by atoms with van der Waals surface area (Å²) in [5.41, 5.74) is -0.330. The number of amides is 2. The van der Waals surface area contributed by atoms with Crippen molar-refractivity contribution in [2.24, 2.45) is 0 Å². The van der Waals surface area contributed by atoms with Crippen molar-refractivity contribution < 1.29 is 31.9 Å². The fourth-order valence-electron chi connectivity index (χ4n) is 2.70. The van der Waals surface area contributed by atoms with Gasteiger partial charge >= 0.3 is 10.1 Å². The first-order valence-corrected chi connectivity index (χ1v) is 11.7. The Hall–Kier alpha value is -3.36. The number of nitro benzene ring substituents is 1. The largest absolute Gasteiger partial charge is 0.490 e. The van der Waals surface area contributed by atoms with Gasteiger partial charge in [0.05, 0.1) is 16.0 Å². The number of thiocarbonyl (C=S) groups is 1. The molecule has 0 aromatic heterocycles. The summed E-state index contributed by atoms with van der Waals surface area (Å²) < 4.78 is 36.3. The summed E-state index contributed by atoms with van der Waals surface area (Å²) in [5.74, 6) is -1.64. The van der Waals surface area contributed by atoms with Crippen LogP contribution in [0, 0.1) is 10.1 Å². The lowest BCUT2D eigenvalue weighted by Gasteiger charge is -2.17. The molecule has 0 radical (unpaired) electrons. The van der Waals surface area contributed by atoms with Gasteiger partial charge in [0.15, 0.2) is 16.6 Å². The van der Waals surface area contributed by atoms with Crippen LogP contribution in [0.4, 0.5) is 5.69 Å². The van der Waals surface area contributed by atoms with Crippen LogP contribution < -0.4 is 19.6 Å². The highest BCUT2D eigenvalue weighted by molar-refractivity contribution is 9.10. The van der Waals surface area contributed by atoms with Gasteiger partial charge in [-0.2, -0.15) is 8.42 Å². The van der Waals surface area contributed by atoms with Gasteiger partial charge in [0.1, 0.15) is 10.5 Å². The van der Waals surface area contributed by atoms with Crippen LogP contribution in [-0.2, 0) is 19.7 Å². The molecule has 3 rings (SSSR count). The molecule has 1 heterocycles. The first-order valence-electron chi connectivity index (χ1n) is 9.05. The maximum Gasteiger partial charge on any atom is 0.339 e. The SMILES string of the molecule is CCOc1cc(C=C2C(=O)NC(=S)NC2=O)cc(Br)c1OS(=O)(=O)c1cccc([N+](=O)[O-])c1. The maximum atomic E-state index is 12.8. The Labute approximate surface area is 201 Å². The second kappa shape index (κ2) is 9.64. The number of carbonyl (C=O) groups is 2. The van der Waals surface area contributed by atoms with Gasteiger partial charge in [-0.1, -0.05) is 6.07 Å². The van der Waals surface area contributed by atoms with E-state index in [4.69, 9.17) is 21.1 Å². The van der Waals surface area contributed by atoms with E-state index < -0.39 is 37.4 Å². The van der Waals surface area contributed by atoms with E-state index in [0.717, 1.165) is 18.2 Å². The van der Waals surface area contributed by atoms with Gasteiger partial charge in [-0.15, -0.1) is 0 Å². The van der Waals surface area contributed by atoms with E-state index in [0.29, 0.717) is 5.56 Å². The zero-order valence-electron chi connectivity index (χ0n) is 16.7. The number of hydrogen-bond donors (Lipinski definition) is 2. The Kier molecular flexibility index (Phi) is 7.09. The third-order valence-corrected chi connectivity index (χ3v) is 6.11. The number of nitro groups is 1. The van der Waals surface area contributed by atoms with Crippen LogP contribution in [-0.4, -0.2) is 36.9 Å². The number of nitrogens with zero attached hydrogens (tertiary/aromatic N) is 1. The summed E-state index contributed by atoms with van der Waals surface area (Å²) in [4.78, 5) is 34.0. The first kappa shape index (κ1) is 24.3. The molecule has 1 saturated heterocycles. The summed E-state index contributed by atoms with van der Waals surface area (Å²) in [5, 5.41) is 15.5. The topological polar surface area (TPSA) is 154 Å². The van der Waals surface area contributed by atoms with E-state index >= 15 is 0 Å².